The van der Waals surface area contributed by atoms with E-state index in [0.717, 1.165) is 18.2 Å². The number of rotatable bonds is 3. The van der Waals surface area contributed by atoms with Crippen molar-refractivity contribution in [1.29, 1.82) is 0 Å². The molecule has 0 saturated heterocycles. The number of carbonyl (C=O) groups is 1. The Kier molecular flexibility index (Phi) is 4.49. The molecule has 2 aromatic rings. The van der Waals surface area contributed by atoms with Crippen molar-refractivity contribution in [3.05, 3.63) is 57.8 Å². The largest absolute Gasteiger partial charge is 0.350 e. The van der Waals surface area contributed by atoms with Crippen LogP contribution >= 0.6 is 15.9 Å². The third kappa shape index (κ3) is 3.17. The van der Waals surface area contributed by atoms with Crippen molar-refractivity contribution in [3.63, 3.8) is 0 Å². The average Bonchev–Trinajstić information content (AvgIpc) is 2.45. The third-order valence-electron chi connectivity index (χ3n) is 2.66. The third-order valence-corrected chi connectivity index (χ3v) is 3.15. The summed E-state index contributed by atoms with van der Waals surface area (Å²) in [4.78, 5) is 11.6. The average molecular weight is 360 g/mol. The van der Waals surface area contributed by atoms with E-state index in [9.17, 15) is 18.0 Å². The number of halogens is 4. The fourth-order valence-corrected chi connectivity index (χ4v) is 2.00. The monoisotopic (exact) mass is 359 g/mol. The number of nitrogens with one attached hydrogen (secondary N) is 2. The maximum Gasteiger partial charge on any atom is 0.267 e. The predicted octanol–water partition coefficient (Wildman–Crippen LogP) is 3.21. The lowest BCUT2D eigenvalue weighted by molar-refractivity contribution is 0.0954. The number of anilines is 2. The SMILES string of the molecule is NNC(=O)c1ccc(F)c(F)c1Nc1ccc(Br)cc1F. The van der Waals surface area contributed by atoms with Crippen molar-refractivity contribution in [2.24, 2.45) is 5.84 Å². The zero-order valence-corrected chi connectivity index (χ0v) is 12.0. The quantitative estimate of drug-likeness (QED) is 0.447. The topological polar surface area (TPSA) is 67.1 Å². The van der Waals surface area contributed by atoms with Crippen LogP contribution in [0.25, 0.3) is 0 Å². The van der Waals surface area contributed by atoms with Crippen molar-refractivity contribution in [3.8, 4) is 0 Å². The highest BCUT2D eigenvalue weighted by Gasteiger charge is 2.19. The van der Waals surface area contributed by atoms with Gasteiger partial charge >= 0.3 is 0 Å². The Morgan fingerprint density at radius 2 is 1.81 bits per heavy atom. The smallest absolute Gasteiger partial charge is 0.267 e. The highest BCUT2D eigenvalue weighted by atomic mass is 79.9. The molecule has 0 heterocycles. The molecule has 0 aliphatic carbocycles. The van der Waals surface area contributed by atoms with Gasteiger partial charge in [-0.25, -0.2) is 19.0 Å². The molecule has 8 heteroatoms. The van der Waals surface area contributed by atoms with Crippen LogP contribution in [0.5, 0.6) is 0 Å². The molecule has 2 rings (SSSR count). The van der Waals surface area contributed by atoms with Gasteiger partial charge in [-0.15, -0.1) is 0 Å². The summed E-state index contributed by atoms with van der Waals surface area (Å²) in [5, 5.41) is 2.37. The first kappa shape index (κ1) is 15.3. The Balaban J connectivity index is 2.51. The summed E-state index contributed by atoms with van der Waals surface area (Å²) in [6, 6.07) is 5.78. The molecule has 4 nitrogen and oxygen atoms in total. The Labute approximate surface area is 126 Å². The summed E-state index contributed by atoms with van der Waals surface area (Å²) in [5.41, 5.74) is 0.940. The molecule has 0 radical (unpaired) electrons. The Hall–Kier alpha value is -2.06. The molecule has 21 heavy (non-hydrogen) atoms. The van der Waals surface area contributed by atoms with Crippen LogP contribution < -0.4 is 16.6 Å². The first-order valence-corrected chi connectivity index (χ1v) is 6.44. The standard InChI is InChI=1S/C13H9BrF3N3O/c14-6-1-4-10(9(16)5-6)19-12-7(13(21)20-18)2-3-8(15)11(12)17/h1-5,19H,18H2,(H,20,21). The molecule has 0 spiro atoms. The minimum Gasteiger partial charge on any atom is -0.350 e. The second kappa shape index (κ2) is 6.15. The summed E-state index contributed by atoms with van der Waals surface area (Å²) >= 11 is 3.07. The van der Waals surface area contributed by atoms with Crippen LogP contribution in [-0.2, 0) is 0 Å². The van der Waals surface area contributed by atoms with Crippen LogP contribution in [0.2, 0.25) is 0 Å². The number of nitrogens with two attached hydrogens (primary N) is 1. The van der Waals surface area contributed by atoms with Gasteiger partial charge in [-0.3, -0.25) is 10.2 Å². The van der Waals surface area contributed by atoms with Crippen molar-refractivity contribution in [1.82, 2.24) is 5.43 Å². The Bertz CT molecular complexity index is 709. The van der Waals surface area contributed by atoms with Gasteiger partial charge in [0.1, 0.15) is 5.82 Å². The number of amides is 1. The Morgan fingerprint density at radius 1 is 1.10 bits per heavy atom. The predicted molar refractivity (Wildman–Crippen MR) is 75.4 cm³/mol. The van der Waals surface area contributed by atoms with Crippen LogP contribution in [0.15, 0.2) is 34.8 Å². The lowest BCUT2D eigenvalue weighted by atomic mass is 10.1. The van der Waals surface area contributed by atoms with Crippen LogP contribution in [0.3, 0.4) is 0 Å². The van der Waals surface area contributed by atoms with Gasteiger partial charge in [0.2, 0.25) is 0 Å². The van der Waals surface area contributed by atoms with Gasteiger partial charge in [-0.2, -0.15) is 0 Å². The first-order valence-electron chi connectivity index (χ1n) is 5.65. The molecule has 0 aliphatic heterocycles. The molecule has 0 aliphatic rings. The van der Waals surface area contributed by atoms with E-state index in [1.54, 1.807) is 0 Å². The number of nitrogen functional groups attached to an aromatic ring is 1. The van der Waals surface area contributed by atoms with Gasteiger partial charge in [0.05, 0.1) is 16.9 Å². The molecule has 0 bridgehead atoms. The molecular formula is C13H9BrF3N3O. The number of hydrogen-bond donors (Lipinski definition) is 3. The Morgan fingerprint density at radius 3 is 2.43 bits per heavy atom. The van der Waals surface area contributed by atoms with Gasteiger partial charge in [0.25, 0.3) is 5.91 Å². The van der Waals surface area contributed by atoms with Crippen LogP contribution in [-0.4, -0.2) is 5.91 Å². The minimum atomic E-state index is -1.31. The van der Waals surface area contributed by atoms with E-state index in [1.165, 1.54) is 12.1 Å². The van der Waals surface area contributed by atoms with Crippen molar-refractivity contribution >= 4 is 33.2 Å². The molecule has 0 fully saturated rings. The number of benzene rings is 2. The molecular weight excluding hydrogens is 351 g/mol. The van der Waals surface area contributed by atoms with Gasteiger partial charge in [0, 0.05) is 4.47 Å². The van der Waals surface area contributed by atoms with E-state index in [0.29, 0.717) is 4.47 Å². The molecule has 2 aromatic carbocycles. The minimum absolute atomic E-state index is 0.117. The van der Waals surface area contributed by atoms with Crippen molar-refractivity contribution in [2.75, 3.05) is 5.32 Å². The van der Waals surface area contributed by atoms with Crippen LogP contribution in [0.1, 0.15) is 10.4 Å². The molecule has 0 atom stereocenters. The summed E-state index contributed by atoms with van der Waals surface area (Å²) in [6.07, 6.45) is 0. The second-order valence-electron chi connectivity index (χ2n) is 4.01. The zero-order chi connectivity index (χ0) is 15.6. The molecule has 110 valence electrons. The zero-order valence-electron chi connectivity index (χ0n) is 10.4. The van der Waals surface area contributed by atoms with Crippen molar-refractivity contribution < 1.29 is 18.0 Å². The summed E-state index contributed by atoms with van der Waals surface area (Å²) in [7, 11) is 0. The van der Waals surface area contributed by atoms with Crippen LogP contribution in [0.4, 0.5) is 24.5 Å². The normalized spacial score (nSPS) is 10.3. The van der Waals surface area contributed by atoms with E-state index >= 15 is 0 Å². The lowest BCUT2D eigenvalue weighted by Crippen LogP contribution is -2.30. The fraction of sp³-hybridized carbons (Fsp3) is 0. The summed E-state index contributed by atoms with van der Waals surface area (Å²) in [5.74, 6) is 0.956. The van der Waals surface area contributed by atoms with E-state index in [2.05, 4.69) is 21.2 Å². The van der Waals surface area contributed by atoms with Gasteiger partial charge in [0.15, 0.2) is 11.6 Å². The maximum atomic E-state index is 13.9. The summed E-state index contributed by atoms with van der Waals surface area (Å²) < 4.78 is 41.4. The number of hydrogen-bond acceptors (Lipinski definition) is 3. The van der Waals surface area contributed by atoms with Crippen molar-refractivity contribution in [2.45, 2.75) is 0 Å². The first-order chi connectivity index (χ1) is 9.93. The lowest BCUT2D eigenvalue weighted by Gasteiger charge is -2.13. The number of carbonyl (C=O) groups excluding carboxylic acids is 1. The second-order valence-corrected chi connectivity index (χ2v) is 4.92. The van der Waals surface area contributed by atoms with E-state index in [1.807, 2.05) is 5.43 Å². The molecule has 4 N–H and O–H groups in total. The van der Waals surface area contributed by atoms with Gasteiger partial charge in [-0.1, -0.05) is 15.9 Å². The van der Waals surface area contributed by atoms with Crippen LogP contribution in [0, 0.1) is 17.5 Å². The van der Waals surface area contributed by atoms with E-state index in [4.69, 9.17) is 5.84 Å². The van der Waals surface area contributed by atoms with E-state index < -0.39 is 29.0 Å². The van der Waals surface area contributed by atoms with Gasteiger partial charge < -0.3 is 5.32 Å². The van der Waals surface area contributed by atoms with Gasteiger partial charge in [-0.05, 0) is 30.3 Å². The molecule has 0 aromatic heterocycles. The maximum absolute atomic E-state index is 13.9. The highest BCUT2D eigenvalue weighted by Crippen LogP contribution is 2.28. The summed E-state index contributed by atoms with van der Waals surface area (Å²) in [6.45, 7) is 0. The highest BCUT2D eigenvalue weighted by molar-refractivity contribution is 9.10. The molecule has 1 amide bonds. The number of hydrazine groups is 1. The molecule has 0 saturated carbocycles. The fourth-order valence-electron chi connectivity index (χ4n) is 1.67. The van der Waals surface area contributed by atoms with E-state index in [-0.39, 0.29) is 11.3 Å². The molecule has 0 unspecified atom stereocenters.